The lowest BCUT2D eigenvalue weighted by atomic mass is 10.2. The number of anilines is 1. The van der Waals surface area contributed by atoms with Gasteiger partial charge in [0.15, 0.2) is 11.6 Å². The van der Waals surface area contributed by atoms with Gasteiger partial charge in [-0.1, -0.05) is 0 Å². The van der Waals surface area contributed by atoms with Gasteiger partial charge in [0, 0.05) is 37.4 Å². The Morgan fingerprint density at radius 3 is 2.95 bits per heavy atom. The number of nitrogens with zero attached hydrogens (tertiary/aromatic N) is 3. The fourth-order valence-corrected chi connectivity index (χ4v) is 2.67. The SMILES string of the molecule is COc1cnc2c(c1)OCC=C1CN(C(C)C)CCN12. The molecule has 108 valence electrons. The van der Waals surface area contributed by atoms with Crippen molar-refractivity contribution in [3.8, 4) is 11.5 Å². The summed E-state index contributed by atoms with van der Waals surface area (Å²) in [6.07, 6.45) is 3.91. The number of hydrogen-bond donors (Lipinski definition) is 0. The van der Waals surface area contributed by atoms with Crippen LogP contribution in [-0.4, -0.2) is 49.3 Å². The van der Waals surface area contributed by atoms with Crippen LogP contribution in [0.25, 0.3) is 0 Å². The number of ether oxygens (including phenoxy) is 2. The van der Waals surface area contributed by atoms with Crippen LogP contribution in [-0.2, 0) is 0 Å². The molecule has 2 aliphatic rings. The molecule has 20 heavy (non-hydrogen) atoms. The van der Waals surface area contributed by atoms with Gasteiger partial charge >= 0.3 is 0 Å². The third-order valence-corrected chi connectivity index (χ3v) is 3.91. The zero-order chi connectivity index (χ0) is 14.1. The van der Waals surface area contributed by atoms with Crippen molar-refractivity contribution in [2.45, 2.75) is 19.9 Å². The number of fused-ring (bicyclic) bond motifs is 3. The van der Waals surface area contributed by atoms with Crippen LogP contribution in [0.2, 0.25) is 0 Å². The molecule has 1 saturated heterocycles. The predicted octanol–water partition coefficient (Wildman–Crippen LogP) is 1.90. The van der Waals surface area contributed by atoms with Gasteiger partial charge in [-0.05, 0) is 19.9 Å². The van der Waals surface area contributed by atoms with Gasteiger partial charge in [-0.25, -0.2) is 4.98 Å². The summed E-state index contributed by atoms with van der Waals surface area (Å²) in [5, 5.41) is 0. The Bertz CT molecular complexity index is 528. The van der Waals surface area contributed by atoms with Gasteiger partial charge in [-0.2, -0.15) is 0 Å². The summed E-state index contributed by atoms with van der Waals surface area (Å²) in [4.78, 5) is 9.25. The van der Waals surface area contributed by atoms with Gasteiger partial charge < -0.3 is 14.4 Å². The van der Waals surface area contributed by atoms with Crippen molar-refractivity contribution in [2.75, 3.05) is 38.3 Å². The second kappa shape index (κ2) is 5.32. The second-order valence-electron chi connectivity index (χ2n) is 5.42. The molecule has 1 fully saturated rings. The fourth-order valence-electron chi connectivity index (χ4n) is 2.67. The van der Waals surface area contributed by atoms with Gasteiger partial charge in [0.05, 0.1) is 13.3 Å². The maximum absolute atomic E-state index is 5.80. The summed E-state index contributed by atoms with van der Waals surface area (Å²) >= 11 is 0. The zero-order valence-corrected chi connectivity index (χ0v) is 12.3. The molecule has 0 amide bonds. The quantitative estimate of drug-likeness (QED) is 0.824. The molecule has 0 aliphatic carbocycles. The Morgan fingerprint density at radius 2 is 2.20 bits per heavy atom. The molecule has 0 unspecified atom stereocenters. The van der Waals surface area contributed by atoms with E-state index in [0.29, 0.717) is 12.6 Å². The van der Waals surface area contributed by atoms with Crippen LogP contribution in [0.5, 0.6) is 11.5 Å². The predicted molar refractivity (Wildman–Crippen MR) is 78.4 cm³/mol. The molecule has 1 aromatic heterocycles. The van der Waals surface area contributed by atoms with Crippen LogP contribution in [0.3, 0.4) is 0 Å². The fraction of sp³-hybridized carbons (Fsp3) is 0.533. The van der Waals surface area contributed by atoms with E-state index in [2.05, 4.69) is 34.7 Å². The zero-order valence-electron chi connectivity index (χ0n) is 12.3. The monoisotopic (exact) mass is 275 g/mol. The van der Waals surface area contributed by atoms with Gasteiger partial charge in [-0.3, -0.25) is 4.90 Å². The van der Waals surface area contributed by atoms with Gasteiger partial charge in [0.1, 0.15) is 12.4 Å². The Labute approximate surface area is 119 Å². The van der Waals surface area contributed by atoms with Crippen molar-refractivity contribution in [1.82, 2.24) is 9.88 Å². The van der Waals surface area contributed by atoms with Crippen LogP contribution in [0.4, 0.5) is 5.82 Å². The Kier molecular flexibility index (Phi) is 3.53. The smallest absolute Gasteiger partial charge is 0.175 e. The van der Waals surface area contributed by atoms with Gasteiger partial charge in [0.25, 0.3) is 0 Å². The van der Waals surface area contributed by atoms with E-state index in [1.807, 2.05) is 6.07 Å². The molecule has 3 rings (SSSR count). The Hall–Kier alpha value is -1.75. The highest BCUT2D eigenvalue weighted by Gasteiger charge is 2.28. The molecule has 0 spiro atoms. The van der Waals surface area contributed by atoms with E-state index in [9.17, 15) is 0 Å². The molecule has 1 aromatic rings. The average Bonchev–Trinajstić information content (AvgIpc) is 2.64. The lowest BCUT2D eigenvalue weighted by Crippen LogP contribution is -2.47. The van der Waals surface area contributed by atoms with E-state index < -0.39 is 0 Å². The molecule has 2 aliphatic heterocycles. The molecular formula is C15H21N3O2. The first-order valence-electron chi connectivity index (χ1n) is 7.06. The lowest BCUT2D eigenvalue weighted by Gasteiger charge is -2.39. The van der Waals surface area contributed by atoms with Crippen LogP contribution < -0.4 is 14.4 Å². The first-order valence-corrected chi connectivity index (χ1v) is 7.06. The van der Waals surface area contributed by atoms with Crippen molar-refractivity contribution in [2.24, 2.45) is 0 Å². The summed E-state index contributed by atoms with van der Waals surface area (Å²) in [5.41, 5.74) is 1.28. The third kappa shape index (κ3) is 2.33. The standard InChI is InChI=1S/C15H21N3O2/c1-11(2)17-5-6-18-12(10-17)4-7-20-14-8-13(19-3)9-16-15(14)18/h4,8-9,11H,5-7,10H2,1-3H3. The van der Waals surface area contributed by atoms with Crippen molar-refractivity contribution in [3.05, 3.63) is 24.0 Å². The van der Waals surface area contributed by atoms with E-state index in [1.54, 1.807) is 13.3 Å². The van der Waals surface area contributed by atoms with E-state index in [1.165, 1.54) is 5.70 Å². The molecule has 0 bridgehead atoms. The number of methoxy groups -OCH3 is 1. The van der Waals surface area contributed by atoms with Crippen LogP contribution in [0, 0.1) is 0 Å². The molecule has 0 atom stereocenters. The Morgan fingerprint density at radius 1 is 1.35 bits per heavy atom. The van der Waals surface area contributed by atoms with E-state index in [4.69, 9.17) is 9.47 Å². The highest BCUT2D eigenvalue weighted by Crippen LogP contribution is 2.35. The number of rotatable bonds is 2. The molecule has 0 aromatic carbocycles. The summed E-state index contributed by atoms with van der Waals surface area (Å²) in [6.45, 7) is 8.00. The first-order chi connectivity index (χ1) is 9.69. The summed E-state index contributed by atoms with van der Waals surface area (Å²) in [6, 6.07) is 2.47. The number of hydrogen-bond acceptors (Lipinski definition) is 5. The van der Waals surface area contributed by atoms with Crippen LogP contribution in [0.1, 0.15) is 13.8 Å². The maximum Gasteiger partial charge on any atom is 0.175 e. The minimum atomic E-state index is 0.561. The molecular weight excluding hydrogens is 254 g/mol. The van der Waals surface area contributed by atoms with Crippen molar-refractivity contribution < 1.29 is 9.47 Å². The highest BCUT2D eigenvalue weighted by atomic mass is 16.5. The van der Waals surface area contributed by atoms with Crippen molar-refractivity contribution in [1.29, 1.82) is 0 Å². The normalized spacial score (nSPS) is 18.8. The van der Waals surface area contributed by atoms with Crippen LogP contribution in [0.15, 0.2) is 24.0 Å². The minimum Gasteiger partial charge on any atom is -0.495 e. The largest absolute Gasteiger partial charge is 0.495 e. The topological polar surface area (TPSA) is 37.8 Å². The second-order valence-corrected chi connectivity index (χ2v) is 5.42. The van der Waals surface area contributed by atoms with Gasteiger partial charge in [0.2, 0.25) is 0 Å². The average molecular weight is 275 g/mol. The molecule has 5 nitrogen and oxygen atoms in total. The van der Waals surface area contributed by atoms with Gasteiger partial charge in [-0.15, -0.1) is 0 Å². The molecule has 5 heteroatoms. The number of aromatic nitrogens is 1. The minimum absolute atomic E-state index is 0.561. The maximum atomic E-state index is 5.80. The van der Waals surface area contributed by atoms with E-state index in [0.717, 1.165) is 37.0 Å². The number of piperazine rings is 1. The molecule has 0 N–H and O–H groups in total. The molecule has 0 saturated carbocycles. The van der Waals surface area contributed by atoms with E-state index in [-0.39, 0.29) is 0 Å². The summed E-state index contributed by atoms with van der Waals surface area (Å²) < 4.78 is 11.0. The summed E-state index contributed by atoms with van der Waals surface area (Å²) in [7, 11) is 1.64. The van der Waals surface area contributed by atoms with Crippen molar-refractivity contribution in [3.63, 3.8) is 0 Å². The van der Waals surface area contributed by atoms with E-state index >= 15 is 0 Å². The number of pyridine rings is 1. The molecule has 3 heterocycles. The summed E-state index contributed by atoms with van der Waals surface area (Å²) in [5.74, 6) is 2.43. The van der Waals surface area contributed by atoms with Crippen LogP contribution >= 0.6 is 0 Å². The first kappa shape index (κ1) is 13.2. The lowest BCUT2D eigenvalue weighted by molar-refractivity contribution is 0.227. The van der Waals surface area contributed by atoms with Crippen molar-refractivity contribution >= 4 is 5.82 Å². The molecule has 0 radical (unpaired) electrons. The Balaban J connectivity index is 1.90. The highest BCUT2D eigenvalue weighted by molar-refractivity contribution is 5.60. The third-order valence-electron chi connectivity index (χ3n) is 3.91.